The fourth-order valence-electron chi connectivity index (χ4n) is 2.80. The molecule has 160 valence electrons. The standard InChI is InChI=1S/C19H18O4.C4H7BrO2/c1-2-15(19(22)23)16(17(20)13-9-5-3-6-10-13)18(21)14-11-7-4-8-12-14;1-2-7-4(6)3-5/h3-12,15-16H,2H2,1H3,(H,22,23);2-3H2,1H3. The first-order chi connectivity index (χ1) is 14.4. The normalized spacial score (nSPS) is 11.1. The Morgan fingerprint density at radius 1 is 0.867 bits per heavy atom. The Morgan fingerprint density at radius 3 is 1.57 bits per heavy atom. The highest BCUT2D eigenvalue weighted by Gasteiger charge is 2.38. The van der Waals surface area contributed by atoms with Gasteiger partial charge in [0.2, 0.25) is 0 Å². The Hall–Kier alpha value is -2.80. The van der Waals surface area contributed by atoms with Crippen molar-refractivity contribution in [1.29, 1.82) is 0 Å². The van der Waals surface area contributed by atoms with E-state index in [1.165, 1.54) is 0 Å². The summed E-state index contributed by atoms with van der Waals surface area (Å²) in [6, 6.07) is 16.7. The van der Waals surface area contributed by atoms with E-state index < -0.39 is 29.4 Å². The summed E-state index contributed by atoms with van der Waals surface area (Å²) in [4.78, 5) is 47.2. The third-order valence-corrected chi connectivity index (χ3v) is 4.71. The highest BCUT2D eigenvalue weighted by Crippen LogP contribution is 2.25. The van der Waals surface area contributed by atoms with Crippen LogP contribution < -0.4 is 0 Å². The Morgan fingerprint density at radius 2 is 1.30 bits per heavy atom. The Labute approximate surface area is 184 Å². The Balaban J connectivity index is 0.000000553. The van der Waals surface area contributed by atoms with E-state index in [2.05, 4.69) is 20.7 Å². The largest absolute Gasteiger partial charge is 0.481 e. The Bertz CT molecular complexity index is 784. The lowest BCUT2D eigenvalue weighted by Crippen LogP contribution is -2.36. The summed E-state index contributed by atoms with van der Waals surface area (Å²) in [5.41, 5.74) is 0.697. The van der Waals surface area contributed by atoms with E-state index in [0.717, 1.165) is 0 Å². The molecule has 0 aliphatic carbocycles. The number of carboxylic acid groups (broad SMARTS) is 1. The van der Waals surface area contributed by atoms with Gasteiger partial charge < -0.3 is 9.84 Å². The maximum absolute atomic E-state index is 12.8. The summed E-state index contributed by atoms with van der Waals surface area (Å²) < 4.78 is 4.51. The van der Waals surface area contributed by atoms with Crippen molar-refractivity contribution in [3.05, 3.63) is 71.8 Å². The first kappa shape index (κ1) is 25.2. The molecule has 0 radical (unpaired) electrons. The number of carbonyl (C=O) groups excluding carboxylic acids is 3. The quantitative estimate of drug-likeness (QED) is 0.249. The number of aliphatic carboxylic acids is 1. The van der Waals surface area contributed by atoms with Gasteiger partial charge in [0.1, 0.15) is 5.33 Å². The van der Waals surface area contributed by atoms with Crippen LogP contribution in [-0.4, -0.2) is 40.5 Å². The van der Waals surface area contributed by atoms with Crippen molar-refractivity contribution in [1.82, 2.24) is 0 Å². The smallest absolute Gasteiger partial charge is 0.316 e. The molecule has 7 heteroatoms. The number of ketones is 2. The Kier molecular flexibility index (Phi) is 11.3. The van der Waals surface area contributed by atoms with Crippen LogP contribution in [-0.2, 0) is 14.3 Å². The molecular weight excluding hydrogens is 452 g/mol. The SMILES string of the molecule is CCC(C(=O)O)C(C(=O)c1ccccc1)C(=O)c1ccccc1.CCOC(=O)CBr. The first-order valence-corrected chi connectivity index (χ1v) is 10.6. The number of carboxylic acids is 1. The maximum Gasteiger partial charge on any atom is 0.316 e. The van der Waals surface area contributed by atoms with E-state index in [1.807, 2.05) is 0 Å². The van der Waals surface area contributed by atoms with Crippen LogP contribution in [0.15, 0.2) is 60.7 Å². The lowest BCUT2D eigenvalue weighted by Gasteiger charge is -2.21. The molecule has 0 saturated carbocycles. The molecule has 1 atom stereocenters. The van der Waals surface area contributed by atoms with Crippen molar-refractivity contribution in [2.45, 2.75) is 20.3 Å². The zero-order chi connectivity index (χ0) is 22.5. The number of Topliss-reactive ketones (excluding diaryl/α,β-unsaturated/α-hetero) is 2. The third kappa shape index (κ3) is 7.55. The van der Waals surface area contributed by atoms with Gasteiger partial charge in [0.25, 0.3) is 0 Å². The first-order valence-electron chi connectivity index (χ1n) is 9.50. The number of rotatable bonds is 9. The van der Waals surface area contributed by atoms with Gasteiger partial charge in [-0.15, -0.1) is 0 Å². The number of carbonyl (C=O) groups is 4. The zero-order valence-electron chi connectivity index (χ0n) is 16.9. The van der Waals surface area contributed by atoms with Crippen molar-refractivity contribution < 1.29 is 29.0 Å². The van der Waals surface area contributed by atoms with Gasteiger partial charge in [-0.25, -0.2) is 0 Å². The van der Waals surface area contributed by atoms with Crippen LogP contribution in [0.2, 0.25) is 0 Å². The van der Waals surface area contributed by atoms with E-state index in [9.17, 15) is 24.3 Å². The summed E-state index contributed by atoms with van der Waals surface area (Å²) in [5, 5.41) is 9.72. The van der Waals surface area contributed by atoms with Crippen molar-refractivity contribution in [2.75, 3.05) is 11.9 Å². The van der Waals surface area contributed by atoms with Crippen molar-refractivity contribution in [3.8, 4) is 0 Å². The molecule has 0 saturated heterocycles. The summed E-state index contributed by atoms with van der Waals surface area (Å²) in [5.74, 6) is -4.51. The molecule has 0 spiro atoms. The molecule has 6 nitrogen and oxygen atoms in total. The van der Waals surface area contributed by atoms with Crippen LogP contribution in [0.1, 0.15) is 41.0 Å². The van der Waals surface area contributed by atoms with Crippen LogP contribution in [0.5, 0.6) is 0 Å². The predicted molar refractivity (Wildman–Crippen MR) is 117 cm³/mol. The van der Waals surface area contributed by atoms with E-state index in [4.69, 9.17) is 0 Å². The summed E-state index contributed by atoms with van der Waals surface area (Å²) in [7, 11) is 0. The average Bonchev–Trinajstić information content (AvgIpc) is 2.78. The van der Waals surface area contributed by atoms with E-state index >= 15 is 0 Å². The molecule has 0 bridgehead atoms. The van der Waals surface area contributed by atoms with Gasteiger partial charge in [0.15, 0.2) is 11.6 Å². The molecule has 0 aliphatic rings. The lowest BCUT2D eigenvalue weighted by atomic mass is 9.79. The van der Waals surface area contributed by atoms with Crippen LogP contribution in [0.3, 0.4) is 0 Å². The second-order valence-electron chi connectivity index (χ2n) is 6.23. The van der Waals surface area contributed by atoms with Gasteiger partial charge in [-0.05, 0) is 13.3 Å². The number of hydrogen-bond donors (Lipinski definition) is 1. The zero-order valence-corrected chi connectivity index (χ0v) is 18.5. The van der Waals surface area contributed by atoms with Gasteiger partial charge in [-0.2, -0.15) is 0 Å². The monoisotopic (exact) mass is 476 g/mol. The molecule has 1 unspecified atom stereocenters. The molecule has 1 N–H and O–H groups in total. The maximum atomic E-state index is 12.8. The van der Waals surface area contributed by atoms with Crippen LogP contribution in [0.25, 0.3) is 0 Å². The minimum Gasteiger partial charge on any atom is -0.481 e. The topological polar surface area (TPSA) is 97.7 Å². The molecule has 0 amide bonds. The van der Waals surface area contributed by atoms with E-state index in [1.54, 1.807) is 74.5 Å². The molecule has 2 aromatic rings. The predicted octanol–water partition coefficient (Wildman–Crippen LogP) is 4.42. The summed E-state index contributed by atoms with van der Waals surface area (Å²) in [6.07, 6.45) is 0.206. The van der Waals surface area contributed by atoms with Gasteiger partial charge in [0.05, 0.1) is 18.4 Å². The average molecular weight is 477 g/mol. The summed E-state index contributed by atoms with van der Waals surface area (Å²) >= 11 is 2.94. The molecule has 2 rings (SSSR count). The fraction of sp³-hybridized carbons (Fsp3) is 0.304. The second kappa shape index (κ2) is 13.4. The van der Waals surface area contributed by atoms with E-state index in [0.29, 0.717) is 23.1 Å². The van der Waals surface area contributed by atoms with Gasteiger partial charge in [0, 0.05) is 11.1 Å². The molecule has 30 heavy (non-hydrogen) atoms. The number of benzene rings is 2. The molecule has 0 aromatic heterocycles. The van der Waals surface area contributed by atoms with Crippen LogP contribution >= 0.6 is 15.9 Å². The molecular formula is C23H25BrO6. The number of hydrogen-bond acceptors (Lipinski definition) is 5. The second-order valence-corrected chi connectivity index (χ2v) is 6.79. The van der Waals surface area contributed by atoms with Crippen molar-refractivity contribution in [2.24, 2.45) is 11.8 Å². The van der Waals surface area contributed by atoms with E-state index in [-0.39, 0.29) is 12.4 Å². The number of alkyl halides is 1. The van der Waals surface area contributed by atoms with Crippen LogP contribution in [0, 0.1) is 11.8 Å². The summed E-state index contributed by atoms with van der Waals surface area (Å²) in [6.45, 7) is 3.91. The van der Waals surface area contributed by atoms with Gasteiger partial charge >= 0.3 is 11.9 Å². The number of halogens is 1. The highest BCUT2D eigenvalue weighted by atomic mass is 79.9. The minimum absolute atomic E-state index is 0.206. The van der Waals surface area contributed by atoms with Gasteiger partial charge in [-0.3, -0.25) is 19.2 Å². The van der Waals surface area contributed by atoms with Gasteiger partial charge in [-0.1, -0.05) is 83.5 Å². The van der Waals surface area contributed by atoms with Crippen molar-refractivity contribution >= 4 is 39.4 Å². The molecule has 0 fully saturated rings. The highest BCUT2D eigenvalue weighted by molar-refractivity contribution is 9.09. The minimum atomic E-state index is -1.22. The molecule has 0 heterocycles. The fourth-order valence-corrected chi connectivity index (χ4v) is 2.96. The van der Waals surface area contributed by atoms with Crippen molar-refractivity contribution in [3.63, 3.8) is 0 Å². The molecule has 0 aliphatic heterocycles. The third-order valence-electron chi connectivity index (χ3n) is 4.26. The number of esters is 1. The lowest BCUT2D eigenvalue weighted by molar-refractivity contribution is -0.143. The number of ether oxygens (including phenoxy) is 1. The van der Waals surface area contributed by atoms with Crippen LogP contribution in [0.4, 0.5) is 0 Å². The molecule has 2 aromatic carbocycles.